The Hall–Kier alpha value is -2.24. The van der Waals surface area contributed by atoms with Crippen LogP contribution in [0.4, 0.5) is 5.69 Å². The standard InChI is InChI=1S/C13H17N5O/c1-9(8-18-11(3)15-10(2)17-18)13(19)16-12-5-4-6-14-7-12/h4-7,9H,8H2,1-3H3,(H,16,19)/t9-/m1/s1. The second kappa shape index (κ2) is 5.60. The van der Waals surface area contributed by atoms with Gasteiger partial charge in [0.1, 0.15) is 11.6 Å². The first kappa shape index (κ1) is 13.2. The van der Waals surface area contributed by atoms with Crippen LogP contribution in [-0.2, 0) is 11.3 Å². The molecule has 0 unspecified atom stereocenters. The molecule has 0 aliphatic carbocycles. The quantitative estimate of drug-likeness (QED) is 0.904. The van der Waals surface area contributed by atoms with E-state index < -0.39 is 0 Å². The molecular formula is C13H17N5O. The van der Waals surface area contributed by atoms with E-state index in [0.29, 0.717) is 12.2 Å². The number of hydrogen-bond acceptors (Lipinski definition) is 4. The van der Waals surface area contributed by atoms with Gasteiger partial charge in [-0.15, -0.1) is 0 Å². The van der Waals surface area contributed by atoms with Gasteiger partial charge in [-0.2, -0.15) is 5.10 Å². The topological polar surface area (TPSA) is 72.7 Å². The third-order valence-corrected chi connectivity index (χ3v) is 2.79. The van der Waals surface area contributed by atoms with E-state index in [1.54, 1.807) is 23.1 Å². The van der Waals surface area contributed by atoms with Gasteiger partial charge in [-0.05, 0) is 26.0 Å². The van der Waals surface area contributed by atoms with Crippen LogP contribution >= 0.6 is 0 Å². The fourth-order valence-electron chi connectivity index (χ4n) is 1.78. The zero-order valence-electron chi connectivity index (χ0n) is 11.3. The Morgan fingerprint density at radius 1 is 1.47 bits per heavy atom. The van der Waals surface area contributed by atoms with Crippen LogP contribution < -0.4 is 5.32 Å². The van der Waals surface area contributed by atoms with Gasteiger partial charge in [0.15, 0.2) is 0 Å². The maximum absolute atomic E-state index is 12.0. The van der Waals surface area contributed by atoms with Gasteiger partial charge in [0.2, 0.25) is 5.91 Å². The Kier molecular flexibility index (Phi) is 3.89. The van der Waals surface area contributed by atoms with Crippen molar-refractivity contribution in [1.82, 2.24) is 19.7 Å². The maximum atomic E-state index is 12.0. The normalized spacial score (nSPS) is 12.2. The first-order valence-electron chi connectivity index (χ1n) is 6.15. The van der Waals surface area contributed by atoms with Crippen molar-refractivity contribution in [1.29, 1.82) is 0 Å². The van der Waals surface area contributed by atoms with Crippen LogP contribution in [0.25, 0.3) is 0 Å². The number of carbonyl (C=O) groups is 1. The van der Waals surface area contributed by atoms with Crippen molar-refractivity contribution in [3.8, 4) is 0 Å². The molecule has 1 amide bonds. The van der Waals surface area contributed by atoms with Crippen LogP contribution in [0.2, 0.25) is 0 Å². The lowest BCUT2D eigenvalue weighted by Gasteiger charge is -2.12. The molecule has 19 heavy (non-hydrogen) atoms. The van der Waals surface area contributed by atoms with Crippen LogP contribution in [0, 0.1) is 19.8 Å². The lowest BCUT2D eigenvalue weighted by molar-refractivity contribution is -0.119. The van der Waals surface area contributed by atoms with E-state index in [4.69, 9.17) is 0 Å². The molecule has 0 radical (unpaired) electrons. The van der Waals surface area contributed by atoms with Crippen LogP contribution in [-0.4, -0.2) is 25.7 Å². The van der Waals surface area contributed by atoms with Crippen LogP contribution in [0.5, 0.6) is 0 Å². The maximum Gasteiger partial charge on any atom is 0.229 e. The molecule has 0 saturated heterocycles. The fraction of sp³-hybridized carbons (Fsp3) is 0.385. The zero-order valence-corrected chi connectivity index (χ0v) is 11.3. The summed E-state index contributed by atoms with van der Waals surface area (Å²) in [5, 5.41) is 7.08. The van der Waals surface area contributed by atoms with Crippen molar-refractivity contribution in [2.45, 2.75) is 27.3 Å². The molecule has 1 atom stereocenters. The Balaban J connectivity index is 1.98. The molecule has 0 aliphatic rings. The predicted octanol–water partition coefficient (Wildman–Crippen LogP) is 1.56. The lowest BCUT2D eigenvalue weighted by Crippen LogP contribution is -2.25. The molecule has 6 nitrogen and oxygen atoms in total. The van der Waals surface area contributed by atoms with E-state index in [2.05, 4.69) is 20.4 Å². The summed E-state index contributed by atoms with van der Waals surface area (Å²) < 4.78 is 1.75. The fourth-order valence-corrected chi connectivity index (χ4v) is 1.78. The van der Waals surface area contributed by atoms with Crippen molar-refractivity contribution >= 4 is 11.6 Å². The summed E-state index contributed by atoms with van der Waals surface area (Å²) in [7, 11) is 0. The molecule has 0 spiro atoms. The van der Waals surface area contributed by atoms with Gasteiger partial charge in [0, 0.05) is 6.20 Å². The Morgan fingerprint density at radius 3 is 2.84 bits per heavy atom. The zero-order chi connectivity index (χ0) is 13.8. The number of aryl methyl sites for hydroxylation is 2. The number of pyridine rings is 1. The largest absolute Gasteiger partial charge is 0.324 e. The van der Waals surface area contributed by atoms with Crippen LogP contribution in [0.15, 0.2) is 24.5 Å². The van der Waals surface area contributed by atoms with E-state index in [9.17, 15) is 4.79 Å². The number of anilines is 1. The number of nitrogens with one attached hydrogen (secondary N) is 1. The minimum Gasteiger partial charge on any atom is -0.324 e. The average molecular weight is 259 g/mol. The van der Waals surface area contributed by atoms with Crippen molar-refractivity contribution in [2.24, 2.45) is 5.92 Å². The highest BCUT2D eigenvalue weighted by molar-refractivity contribution is 5.92. The van der Waals surface area contributed by atoms with Crippen molar-refractivity contribution in [3.05, 3.63) is 36.2 Å². The minimum atomic E-state index is -0.194. The highest BCUT2D eigenvalue weighted by Gasteiger charge is 2.15. The summed E-state index contributed by atoms with van der Waals surface area (Å²) >= 11 is 0. The molecule has 100 valence electrons. The van der Waals surface area contributed by atoms with Crippen molar-refractivity contribution in [3.63, 3.8) is 0 Å². The Morgan fingerprint density at radius 2 is 2.26 bits per heavy atom. The molecule has 2 aromatic heterocycles. The van der Waals surface area contributed by atoms with E-state index in [0.717, 1.165) is 11.6 Å². The SMILES string of the molecule is Cc1nc(C)n(C[C@@H](C)C(=O)Nc2cccnc2)n1. The second-order valence-corrected chi connectivity index (χ2v) is 4.52. The first-order chi connectivity index (χ1) is 9.06. The van der Waals surface area contributed by atoms with Gasteiger partial charge in [-0.1, -0.05) is 6.92 Å². The molecule has 0 aromatic carbocycles. The van der Waals surface area contributed by atoms with Gasteiger partial charge >= 0.3 is 0 Å². The summed E-state index contributed by atoms with van der Waals surface area (Å²) in [6.07, 6.45) is 3.29. The second-order valence-electron chi connectivity index (χ2n) is 4.52. The molecule has 6 heteroatoms. The number of aromatic nitrogens is 4. The lowest BCUT2D eigenvalue weighted by atomic mass is 10.1. The molecule has 2 aromatic rings. The number of rotatable bonds is 4. The average Bonchev–Trinajstić information content (AvgIpc) is 2.69. The van der Waals surface area contributed by atoms with Crippen molar-refractivity contribution in [2.75, 3.05) is 5.32 Å². The molecular weight excluding hydrogens is 242 g/mol. The van der Waals surface area contributed by atoms with Crippen molar-refractivity contribution < 1.29 is 4.79 Å². The van der Waals surface area contributed by atoms with E-state index in [1.165, 1.54) is 0 Å². The smallest absolute Gasteiger partial charge is 0.229 e. The van der Waals surface area contributed by atoms with Gasteiger partial charge in [0.25, 0.3) is 0 Å². The molecule has 0 aliphatic heterocycles. The summed E-state index contributed by atoms with van der Waals surface area (Å²) in [6.45, 7) is 6.09. The minimum absolute atomic E-state index is 0.0550. The summed E-state index contributed by atoms with van der Waals surface area (Å²) in [5.74, 6) is 1.29. The molecule has 0 bridgehead atoms. The Labute approximate surface area is 111 Å². The van der Waals surface area contributed by atoms with Gasteiger partial charge in [-0.3, -0.25) is 9.78 Å². The third kappa shape index (κ3) is 3.37. The molecule has 2 rings (SSSR count). The third-order valence-electron chi connectivity index (χ3n) is 2.79. The van der Waals surface area contributed by atoms with Gasteiger partial charge in [0.05, 0.1) is 24.3 Å². The summed E-state index contributed by atoms with van der Waals surface area (Å²) in [4.78, 5) is 20.2. The Bertz CT molecular complexity index is 564. The summed E-state index contributed by atoms with van der Waals surface area (Å²) in [5.41, 5.74) is 0.700. The number of hydrogen-bond donors (Lipinski definition) is 1. The highest BCUT2D eigenvalue weighted by Crippen LogP contribution is 2.08. The molecule has 0 fully saturated rings. The first-order valence-corrected chi connectivity index (χ1v) is 6.15. The van der Waals surface area contributed by atoms with Crippen LogP contribution in [0.3, 0.4) is 0 Å². The van der Waals surface area contributed by atoms with Gasteiger partial charge in [-0.25, -0.2) is 9.67 Å². The molecule has 0 saturated carbocycles. The molecule has 2 heterocycles. The molecule has 1 N–H and O–H groups in total. The van der Waals surface area contributed by atoms with Crippen LogP contribution in [0.1, 0.15) is 18.6 Å². The monoisotopic (exact) mass is 259 g/mol. The highest BCUT2D eigenvalue weighted by atomic mass is 16.1. The van der Waals surface area contributed by atoms with E-state index in [-0.39, 0.29) is 11.8 Å². The number of nitrogens with zero attached hydrogens (tertiary/aromatic N) is 4. The van der Waals surface area contributed by atoms with E-state index >= 15 is 0 Å². The number of carbonyl (C=O) groups excluding carboxylic acids is 1. The number of amides is 1. The predicted molar refractivity (Wildman–Crippen MR) is 71.5 cm³/mol. The van der Waals surface area contributed by atoms with E-state index in [1.807, 2.05) is 26.8 Å². The van der Waals surface area contributed by atoms with Gasteiger partial charge < -0.3 is 5.32 Å². The summed E-state index contributed by atoms with van der Waals surface area (Å²) in [6, 6.07) is 3.59.